The Bertz CT molecular complexity index is 1260. The molecule has 0 aliphatic heterocycles. The summed E-state index contributed by atoms with van der Waals surface area (Å²) in [5.41, 5.74) is 3.60. The summed E-state index contributed by atoms with van der Waals surface area (Å²) < 4.78 is 16.9. The van der Waals surface area contributed by atoms with Gasteiger partial charge in [0.1, 0.15) is 22.7 Å². The fraction of sp³-hybridized carbons (Fsp3) is 0.0435. The Kier molecular flexibility index (Phi) is 3.91. The summed E-state index contributed by atoms with van der Waals surface area (Å²) in [6.45, 7) is 0. The van der Waals surface area contributed by atoms with Gasteiger partial charge in [0.2, 0.25) is 0 Å². The van der Waals surface area contributed by atoms with Gasteiger partial charge in [0.25, 0.3) is 0 Å². The minimum absolute atomic E-state index is 0.296. The van der Waals surface area contributed by atoms with E-state index in [4.69, 9.17) is 13.9 Å². The van der Waals surface area contributed by atoms with Gasteiger partial charge >= 0.3 is 6.01 Å². The van der Waals surface area contributed by atoms with Crippen LogP contribution in [0.1, 0.15) is 0 Å². The lowest BCUT2D eigenvalue weighted by molar-refractivity contribution is 0.415. The average Bonchev–Trinajstić information content (AvgIpc) is 3.12. The third-order valence-electron chi connectivity index (χ3n) is 4.61. The van der Waals surface area contributed by atoms with E-state index in [0.29, 0.717) is 11.8 Å². The lowest BCUT2D eigenvalue weighted by Crippen LogP contribution is -1.92. The van der Waals surface area contributed by atoms with Gasteiger partial charge in [-0.2, -0.15) is 0 Å². The van der Waals surface area contributed by atoms with E-state index >= 15 is 0 Å². The van der Waals surface area contributed by atoms with E-state index in [9.17, 15) is 0 Å². The van der Waals surface area contributed by atoms with Crippen molar-refractivity contribution in [1.29, 1.82) is 0 Å². The summed E-state index contributed by atoms with van der Waals surface area (Å²) in [5, 5.41) is 2.06. The third-order valence-corrected chi connectivity index (χ3v) is 4.61. The topological polar surface area (TPSA) is 57.4 Å². The number of methoxy groups -OCH3 is 1. The van der Waals surface area contributed by atoms with Crippen molar-refractivity contribution >= 4 is 21.9 Å². The Balaban J connectivity index is 1.41. The largest absolute Gasteiger partial charge is 0.497 e. The molecule has 2 aromatic heterocycles. The van der Waals surface area contributed by atoms with Crippen LogP contribution in [0.5, 0.6) is 17.5 Å². The summed E-state index contributed by atoms with van der Waals surface area (Å²) in [6.07, 6.45) is 3.49. The number of benzene rings is 3. The van der Waals surface area contributed by atoms with Crippen molar-refractivity contribution in [1.82, 2.24) is 9.97 Å². The molecule has 0 saturated carbocycles. The first-order valence-corrected chi connectivity index (χ1v) is 8.86. The number of hydrogen-bond donors (Lipinski definition) is 0. The van der Waals surface area contributed by atoms with Crippen molar-refractivity contribution in [2.45, 2.75) is 0 Å². The summed E-state index contributed by atoms with van der Waals surface area (Å²) in [6, 6.07) is 21.7. The first kappa shape index (κ1) is 16.3. The van der Waals surface area contributed by atoms with Crippen LogP contribution in [0.2, 0.25) is 0 Å². The molecule has 5 heteroatoms. The highest BCUT2D eigenvalue weighted by Gasteiger charge is 2.09. The summed E-state index contributed by atoms with van der Waals surface area (Å²) in [7, 11) is 1.65. The smallest absolute Gasteiger partial charge is 0.321 e. The number of hydrogen-bond acceptors (Lipinski definition) is 5. The number of fused-ring (bicyclic) bond motifs is 3. The third kappa shape index (κ3) is 2.93. The quantitative estimate of drug-likeness (QED) is 0.399. The molecule has 2 heterocycles. The Morgan fingerprint density at radius 1 is 0.714 bits per heavy atom. The molecule has 0 N–H and O–H groups in total. The van der Waals surface area contributed by atoms with Crippen molar-refractivity contribution in [3.05, 3.63) is 79.1 Å². The minimum Gasteiger partial charge on any atom is -0.497 e. The van der Waals surface area contributed by atoms with Crippen molar-refractivity contribution in [3.8, 4) is 28.6 Å². The zero-order valence-corrected chi connectivity index (χ0v) is 15.1. The molecule has 0 amide bonds. The second kappa shape index (κ2) is 6.70. The maximum atomic E-state index is 5.85. The van der Waals surface area contributed by atoms with Crippen molar-refractivity contribution in [2.24, 2.45) is 0 Å². The SMILES string of the molecule is COc1ccc(-c2cnc(Oc3ccc4oc5ccccc5c4c3)nc2)cc1. The minimum atomic E-state index is 0.296. The van der Waals surface area contributed by atoms with Crippen LogP contribution in [0.25, 0.3) is 33.1 Å². The van der Waals surface area contributed by atoms with Crippen molar-refractivity contribution in [2.75, 3.05) is 7.11 Å². The zero-order chi connectivity index (χ0) is 18.9. The molecule has 136 valence electrons. The number of aromatic nitrogens is 2. The molecule has 5 nitrogen and oxygen atoms in total. The highest BCUT2D eigenvalue weighted by atomic mass is 16.5. The van der Waals surface area contributed by atoms with Gasteiger partial charge in [0.15, 0.2) is 0 Å². The van der Waals surface area contributed by atoms with E-state index in [-0.39, 0.29) is 0 Å². The number of ether oxygens (including phenoxy) is 2. The van der Waals surface area contributed by atoms with Crippen LogP contribution in [0, 0.1) is 0 Å². The van der Waals surface area contributed by atoms with Crippen molar-refractivity contribution in [3.63, 3.8) is 0 Å². The highest BCUT2D eigenvalue weighted by molar-refractivity contribution is 6.05. The lowest BCUT2D eigenvalue weighted by Gasteiger charge is -2.06. The van der Waals surface area contributed by atoms with Gasteiger partial charge in [-0.1, -0.05) is 30.3 Å². The van der Waals surface area contributed by atoms with Gasteiger partial charge in [-0.25, -0.2) is 9.97 Å². The summed E-state index contributed by atoms with van der Waals surface area (Å²) in [4.78, 5) is 8.67. The van der Waals surface area contributed by atoms with E-state index in [1.807, 2.05) is 66.7 Å². The predicted molar refractivity (Wildman–Crippen MR) is 108 cm³/mol. The van der Waals surface area contributed by atoms with E-state index in [1.54, 1.807) is 19.5 Å². The molecule has 0 saturated heterocycles. The Labute approximate surface area is 161 Å². The average molecular weight is 368 g/mol. The Hall–Kier alpha value is -3.86. The first-order valence-electron chi connectivity index (χ1n) is 8.86. The fourth-order valence-electron chi connectivity index (χ4n) is 3.18. The highest BCUT2D eigenvalue weighted by Crippen LogP contribution is 2.32. The van der Waals surface area contributed by atoms with Gasteiger partial charge in [0.05, 0.1) is 7.11 Å². The van der Waals surface area contributed by atoms with Crippen LogP contribution in [-0.4, -0.2) is 17.1 Å². The monoisotopic (exact) mass is 368 g/mol. The molecule has 0 atom stereocenters. The molecule has 5 aromatic rings. The van der Waals surface area contributed by atoms with E-state index in [0.717, 1.165) is 38.8 Å². The van der Waals surface area contributed by atoms with Gasteiger partial charge < -0.3 is 13.9 Å². The molecule has 3 aromatic carbocycles. The van der Waals surface area contributed by atoms with Crippen LogP contribution in [0.3, 0.4) is 0 Å². The van der Waals surface area contributed by atoms with E-state index in [1.165, 1.54) is 0 Å². The second-order valence-corrected chi connectivity index (χ2v) is 6.34. The maximum Gasteiger partial charge on any atom is 0.321 e. The molecule has 5 rings (SSSR count). The standard InChI is InChI=1S/C23H16N2O3/c1-26-17-8-6-15(7-9-17)16-13-24-23(25-14-16)27-18-10-11-22-20(12-18)19-4-2-3-5-21(19)28-22/h2-14H,1H3. The van der Waals surface area contributed by atoms with Crippen molar-refractivity contribution < 1.29 is 13.9 Å². The lowest BCUT2D eigenvalue weighted by atomic mass is 10.1. The molecular formula is C23H16N2O3. The fourth-order valence-corrected chi connectivity index (χ4v) is 3.18. The van der Waals surface area contributed by atoms with Crippen LogP contribution in [-0.2, 0) is 0 Å². The predicted octanol–water partition coefficient (Wildman–Crippen LogP) is 5.84. The maximum absolute atomic E-state index is 5.85. The number of para-hydroxylation sites is 1. The number of rotatable bonds is 4. The normalized spacial score (nSPS) is 11.0. The van der Waals surface area contributed by atoms with Crippen LogP contribution >= 0.6 is 0 Å². The molecule has 0 bridgehead atoms. The zero-order valence-electron chi connectivity index (χ0n) is 15.1. The van der Waals surface area contributed by atoms with Gasteiger partial charge in [0, 0.05) is 28.7 Å². The van der Waals surface area contributed by atoms with Gasteiger partial charge in [-0.05, 0) is 42.0 Å². The molecule has 28 heavy (non-hydrogen) atoms. The van der Waals surface area contributed by atoms with Gasteiger partial charge in [-0.15, -0.1) is 0 Å². The van der Waals surface area contributed by atoms with E-state index < -0.39 is 0 Å². The Morgan fingerprint density at radius 2 is 1.43 bits per heavy atom. The van der Waals surface area contributed by atoms with Crippen LogP contribution < -0.4 is 9.47 Å². The van der Waals surface area contributed by atoms with Gasteiger partial charge in [-0.3, -0.25) is 0 Å². The number of furan rings is 1. The van der Waals surface area contributed by atoms with E-state index in [2.05, 4.69) is 9.97 Å². The molecule has 0 aliphatic carbocycles. The first-order chi connectivity index (χ1) is 13.8. The number of nitrogens with zero attached hydrogens (tertiary/aromatic N) is 2. The van der Waals surface area contributed by atoms with Crippen LogP contribution in [0.15, 0.2) is 83.5 Å². The Morgan fingerprint density at radius 3 is 2.21 bits per heavy atom. The molecular weight excluding hydrogens is 352 g/mol. The molecule has 0 radical (unpaired) electrons. The second-order valence-electron chi connectivity index (χ2n) is 6.34. The summed E-state index contributed by atoms with van der Waals surface area (Å²) in [5.74, 6) is 1.48. The molecule has 0 unspecified atom stereocenters. The molecule has 0 fully saturated rings. The molecule has 0 aliphatic rings. The summed E-state index contributed by atoms with van der Waals surface area (Å²) >= 11 is 0. The molecule has 0 spiro atoms. The van der Waals surface area contributed by atoms with Crippen LogP contribution in [0.4, 0.5) is 0 Å².